The minimum Gasteiger partial charge on any atom is -0.480 e. The highest BCUT2D eigenvalue weighted by atomic mass is 35.5. The molecule has 0 aliphatic heterocycles. The van der Waals surface area contributed by atoms with Gasteiger partial charge in [0, 0.05) is 6.54 Å². The van der Waals surface area contributed by atoms with E-state index in [1.807, 2.05) is 0 Å². The van der Waals surface area contributed by atoms with Gasteiger partial charge in [-0.3, -0.25) is 4.79 Å². The van der Waals surface area contributed by atoms with Gasteiger partial charge in [0.2, 0.25) is 10.0 Å². The van der Waals surface area contributed by atoms with Crippen LogP contribution >= 0.6 is 11.6 Å². The molecule has 0 aliphatic carbocycles. The molecule has 0 saturated heterocycles. The van der Waals surface area contributed by atoms with Crippen molar-refractivity contribution in [3.63, 3.8) is 0 Å². The number of carboxylic acids is 1. The van der Waals surface area contributed by atoms with E-state index in [-0.39, 0.29) is 22.2 Å². The fourth-order valence-electron chi connectivity index (χ4n) is 1.67. The summed E-state index contributed by atoms with van der Waals surface area (Å²) in [5.41, 5.74) is 0. The first kappa shape index (κ1) is 18.6. The van der Waals surface area contributed by atoms with Crippen molar-refractivity contribution in [1.29, 1.82) is 0 Å². The van der Waals surface area contributed by atoms with E-state index in [1.165, 1.54) is 0 Å². The summed E-state index contributed by atoms with van der Waals surface area (Å²) in [6, 6.07) is 2.97. The third-order valence-corrected chi connectivity index (χ3v) is 4.68. The predicted molar refractivity (Wildman–Crippen MR) is 74.8 cm³/mol. The maximum absolute atomic E-state index is 12.4. The van der Waals surface area contributed by atoms with Crippen molar-refractivity contribution in [1.82, 2.24) is 4.31 Å². The van der Waals surface area contributed by atoms with Crippen molar-refractivity contribution in [2.24, 2.45) is 0 Å². The lowest BCUT2D eigenvalue weighted by Crippen LogP contribution is -2.36. The molecule has 0 radical (unpaired) electrons. The van der Waals surface area contributed by atoms with Gasteiger partial charge in [-0.05, 0) is 24.6 Å². The van der Waals surface area contributed by atoms with Crippen molar-refractivity contribution < 1.29 is 31.8 Å². The molecule has 0 heterocycles. The molecule has 0 atom stereocenters. The number of sulfonamides is 1. The van der Waals surface area contributed by atoms with E-state index in [1.54, 1.807) is 6.92 Å². The number of aliphatic carboxylic acids is 1. The minimum absolute atomic E-state index is 0.00153. The number of carbonyl (C=O) groups is 1. The SMILES string of the molecule is CCCN(CC(=O)O)S(=O)(=O)c1ccc(OC(F)F)c(Cl)c1. The van der Waals surface area contributed by atoms with E-state index in [2.05, 4.69) is 4.74 Å². The zero-order valence-electron chi connectivity index (χ0n) is 11.5. The largest absolute Gasteiger partial charge is 0.480 e. The second-order valence-corrected chi connectivity index (χ2v) is 6.55. The van der Waals surface area contributed by atoms with Gasteiger partial charge in [-0.15, -0.1) is 0 Å². The summed E-state index contributed by atoms with van der Waals surface area (Å²) in [6.45, 7) is -2.11. The van der Waals surface area contributed by atoms with Gasteiger partial charge in [0.05, 0.1) is 9.92 Å². The van der Waals surface area contributed by atoms with Gasteiger partial charge in [0.1, 0.15) is 12.3 Å². The second-order valence-electron chi connectivity index (χ2n) is 4.20. The molecule has 0 unspecified atom stereocenters. The zero-order chi connectivity index (χ0) is 16.9. The first-order valence-electron chi connectivity index (χ1n) is 6.14. The van der Waals surface area contributed by atoms with Gasteiger partial charge < -0.3 is 9.84 Å². The summed E-state index contributed by atoms with van der Waals surface area (Å²) in [4.78, 5) is 10.5. The van der Waals surface area contributed by atoms with Gasteiger partial charge >= 0.3 is 12.6 Å². The second kappa shape index (κ2) is 7.70. The highest BCUT2D eigenvalue weighted by Gasteiger charge is 2.26. The average Bonchev–Trinajstić information content (AvgIpc) is 2.39. The number of hydrogen-bond donors (Lipinski definition) is 1. The molecular weight excluding hydrogens is 344 g/mol. The summed E-state index contributed by atoms with van der Waals surface area (Å²) < 4.78 is 53.9. The van der Waals surface area contributed by atoms with Crippen LogP contribution in [0.3, 0.4) is 0 Å². The zero-order valence-corrected chi connectivity index (χ0v) is 13.1. The Hall–Kier alpha value is -1.45. The molecule has 0 spiro atoms. The molecule has 0 saturated carbocycles. The number of benzene rings is 1. The summed E-state index contributed by atoms with van der Waals surface area (Å²) >= 11 is 5.71. The Kier molecular flexibility index (Phi) is 6.51. The predicted octanol–water partition coefficient (Wildman–Crippen LogP) is 2.43. The summed E-state index contributed by atoms with van der Waals surface area (Å²) in [5, 5.41) is 8.47. The molecule has 124 valence electrons. The molecule has 0 bridgehead atoms. The number of nitrogens with zero attached hydrogens (tertiary/aromatic N) is 1. The summed E-state index contributed by atoms with van der Waals surface area (Å²) in [7, 11) is -4.10. The Labute approximate surface area is 131 Å². The summed E-state index contributed by atoms with van der Waals surface area (Å²) in [5.74, 6) is -1.67. The molecule has 1 aromatic carbocycles. The van der Waals surface area contributed by atoms with E-state index in [4.69, 9.17) is 16.7 Å². The normalized spacial score (nSPS) is 11.9. The van der Waals surface area contributed by atoms with Crippen LogP contribution in [0.5, 0.6) is 5.75 Å². The van der Waals surface area contributed by atoms with E-state index < -0.39 is 29.1 Å². The number of alkyl halides is 2. The maximum Gasteiger partial charge on any atom is 0.387 e. The van der Waals surface area contributed by atoms with E-state index in [0.29, 0.717) is 6.42 Å². The molecule has 0 amide bonds. The first-order chi connectivity index (χ1) is 10.2. The van der Waals surface area contributed by atoms with Crippen molar-refractivity contribution in [3.8, 4) is 5.75 Å². The smallest absolute Gasteiger partial charge is 0.387 e. The fourth-order valence-corrected chi connectivity index (χ4v) is 3.47. The van der Waals surface area contributed by atoms with Gasteiger partial charge in [0.15, 0.2) is 0 Å². The van der Waals surface area contributed by atoms with Gasteiger partial charge in [-0.25, -0.2) is 8.42 Å². The Morgan fingerprint density at radius 1 is 1.45 bits per heavy atom. The molecule has 1 N–H and O–H groups in total. The van der Waals surface area contributed by atoms with Gasteiger partial charge in [-0.2, -0.15) is 13.1 Å². The Morgan fingerprint density at radius 3 is 2.55 bits per heavy atom. The third-order valence-electron chi connectivity index (χ3n) is 2.54. The van der Waals surface area contributed by atoms with Crippen LogP contribution in [0.4, 0.5) is 8.78 Å². The average molecular weight is 358 g/mol. The number of halogens is 3. The fraction of sp³-hybridized carbons (Fsp3) is 0.417. The Bertz CT molecular complexity index is 638. The van der Waals surface area contributed by atoms with Crippen LogP contribution < -0.4 is 4.74 Å². The lowest BCUT2D eigenvalue weighted by molar-refractivity contribution is -0.137. The lowest BCUT2D eigenvalue weighted by atomic mass is 10.3. The van der Waals surface area contributed by atoms with E-state index in [9.17, 15) is 22.0 Å². The Morgan fingerprint density at radius 2 is 2.09 bits per heavy atom. The Balaban J connectivity index is 3.15. The lowest BCUT2D eigenvalue weighted by Gasteiger charge is -2.20. The molecule has 1 rings (SSSR count). The molecule has 22 heavy (non-hydrogen) atoms. The standard InChI is InChI=1S/C12H14ClF2NO5S/c1-2-5-16(7-11(17)18)22(19,20)8-3-4-10(9(13)6-8)21-12(14)15/h3-4,6,12H,2,5,7H2,1H3,(H,17,18). The number of rotatable bonds is 8. The summed E-state index contributed by atoms with van der Waals surface area (Å²) in [6.07, 6.45) is 0.410. The maximum atomic E-state index is 12.4. The van der Waals surface area contributed by atoms with Crippen LogP contribution in [0, 0.1) is 0 Å². The topological polar surface area (TPSA) is 83.9 Å². The highest BCUT2D eigenvalue weighted by Crippen LogP contribution is 2.29. The van der Waals surface area contributed by atoms with Crippen LogP contribution in [0.15, 0.2) is 23.1 Å². The first-order valence-corrected chi connectivity index (χ1v) is 7.96. The van der Waals surface area contributed by atoms with Crippen molar-refractivity contribution in [3.05, 3.63) is 23.2 Å². The molecule has 0 fully saturated rings. The molecule has 6 nitrogen and oxygen atoms in total. The van der Waals surface area contributed by atoms with E-state index >= 15 is 0 Å². The minimum atomic E-state index is -4.10. The number of hydrogen-bond acceptors (Lipinski definition) is 4. The number of carboxylic acid groups (broad SMARTS) is 1. The molecular formula is C12H14ClF2NO5S. The highest BCUT2D eigenvalue weighted by molar-refractivity contribution is 7.89. The monoisotopic (exact) mass is 357 g/mol. The molecule has 1 aromatic rings. The van der Waals surface area contributed by atoms with E-state index in [0.717, 1.165) is 22.5 Å². The van der Waals surface area contributed by atoms with Crippen molar-refractivity contribution >= 4 is 27.6 Å². The van der Waals surface area contributed by atoms with Gasteiger partial charge in [0.25, 0.3) is 0 Å². The number of ether oxygens (including phenoxy) is 1. The van der Waals surface area contributed by atoms with Crippen LogP contribution in [-0.2, 0) is 14.8 Å². The van der Waals surface area contributed by atoms with Crippen LogP contribution in [0.1, 0.15) is 13.3 Å². The molecule has 0 aliphatic rings. The van der Waals surface area contributed by atoms with Gasteiger partial charge in [-0.1, -0.05) is 18.5 Å². The van der Waals surface area contributed by atoms with Crippen LogP contribution in [0.2, 0.25) is 5.02 Å². The van der Waals surface area contributed by atoms with Crippen LogP contribution in [0.25, 0.3) is 0 Å². The van der Waals surface area contributed by atoms with Crippen molar-refractivity contribution in [2.75, 3.05) is 13.1 Å². The third kappa shape index (κ3) is 4.79. The quantitative estimate of drug-likeness (QED) is 0.772. The van der Waals surface area contributed by atoms with Crippen LogP contribution in [-0.4, -0.2) is 43.5 Å². The molecule has 0 aromatic heterocycles. The molecule has 10 heteroatoms. The van der Waals surface area contributed by atoms with Crippen molar-refractivity contribution in [2.45, 2.75) is 24.9 Å².